The largest absolute Gasteiger partial charge is 0.395 e. The van der Waals surface area contributed by atoms with Gasteiger partial charge in [0.05, 0.1) is 13.2 Å². The number of nitrogens with zero attached hydrogens (tertiary/aromatic N) is 1. The van der Waals surface area contributed by atoms with Crippen molar-refractivity contribution in [2.45, 2.75) is 20.4 Å². The molecule has 1 aromatic carbocycles. The SMILES string of the molecule is CCN(CCO)c1ccc(CNCCOC)cc1C. The Bertz CT molecular complexity index is 369. The van der Waals surface area contributed by atoms with Crippen molar-refractivity contribution in [1.29, 1.82) is 0 Å². The number of aliphatic hydroxyl groups is 1. The Kier molecular flexibility index (Phi) is 7.48. The first-order valence-corrected chi connectivity index (χ1v) is 6.88. The van der Waals surface area contributed by atoms with Crippen LogP contribution >= 0.6 is 0 Å². The van der Waals surface area contributed by atoms with E-state index >= 15 is 0 Å². The fraction of sp³-hybridized carbons (Fsp3) is 0.600. The molecule has 0 aromatic heterocycles. The predicted molar refractivity (Wildman–Crippen MR) is 79.7 cm³/mol. The van der Waals surface area contributed by atoms with Crippen LogP contribution in [0.15, 0.2) is 18.2 Å². The smallest absolute Gasteiger partial charge is 0.0606 e. The summed E-state index contributed by atoms with van der Waals surface area (Å²) in [6.45, 7) is 8.46. The maximum absolute atomic E-state index is 9.08. The van der Waals surface area contributed by atoms with E-state index in [1.807, 2.05) is 0 Å². The monoisotopic (exact) mass is 266 g/mol. The standard InChI is InChI=1S/C15H26N2O2/c1-4-17(8-9-18)15-6-5-14(11-13(15)2)12-16-7-10-19-3/h5-6,11,16,18H,4,7-10,12H2,1-3H3. The van der Waals surface area contributed by atoms with Gasteiger partial charge in [-0.15, -0.1) is 0 Å². The van der Waals surface area contributed by atoms with Gasteiger partial charge in [-0.05, 0) is 31.0 Å². The Morgan fingerprint density at radius 2 is 2.16 bits per heavy atom. The molecule has 0 bridgehead atoms. The number of hydrogen-bond donors (Lipinski definition) is 2. The molecule has 19 heavy (non-hydrogen) atoms. The van der Waals surface area contributed by atoms with Crippen molar-refractivity contribution in [2.75, 3.05) is 44.9 Å². The summed E-state index contributed by atoms with van der Waals surface area (Å²) < 4.78 is 5.00. The quantitative estimate of drug-likeness (QED) is 0.666. The number of ether oxygens (including phenoxy) is 1. The molecule has 108 valence electrons. The number of likely N-dealkylation sites (N-methyl/N-ethyl adjacent to an activating group) is 1. The average Bonchev–Trinajstić information content (AvgIpc) is 2.42. The van der Waals surface area contributed by atoms with Crippen LogP contribution in [-0.2, 0) is 11.3 Å². The van der Waals surface area contributed by atoms with Crippen LogP contribution in [0.2, 0.25) is 0 Å². The Balaban J connectivity index is 2.62. The molecule has 4 heteroatoms. The molecule has 2 N–H and O–H groups in total. The van der Waals surface area contributed by atoms with E-state index in [4.69, 9.17) is 9.84 Å². The number of aryl methyl sites for hydroxylation is 1. The van der Waals surface area contributed by atoms with Crippen molar-refractivity contribution in [3.8, 4) is 0 Å². The molecule has 1 aromatic rings. The van der Waals surface area contributed by atoms with Gasteiger partial charge < -0.3 is 20.1 Å². The van der Waals surface area contributed by atoms with Crippen LogP contribution < -0.4 is 10.2 Å². The first-order valence-electron chi connectivity index (χ1n) is 6.88. The highest BCUT2D eigenvalue weighted by Crippen LogP contribution is 2.21. The Labute approximate surface area is 116 Å². The van der Waals surface area contributed by atoms with E-state index in [2.05, 4.69) is 42.3 Å². The molecule has 0 amide bonds. The summed E-state index contributed by atoms with van der Waals surface area (Å²) in [6.07, 6.45) is 0. The lowest BCUT2D eigenvalue weighted by molar-refractivity contribution is 0.199. The second kappa shape index (κ2) is 8.91. The van der Waals surface area contributed by atoms with Gasteiger partial charge in [-0.3, -0.25) is 0 Å². The minimum Gasteiger partial charge on any atom is -0.395 e. The topological polar surface area (TPSA) is 44.7 Å². The molecule has 0 fully saturated rings. The normalized spacial score (nSPS) is 10.7. The van der Waals surface area contributed by atoms with Gasteiger partial charge >= 0.3 is 0 Å². The fourth-order valence-corrected chi connectivity index (χ4v) is 2.16. The van der Waals surface area contributed by atoms with Gasteiger partial charge in [0.15, 0.2) is 0 Å². The van der Waals surface area contributed by atoms with Crippen LogP contribution in [0.4, 0.5) is 5.69 Å². The molecule has 0 heterocycles. The summed E-state index contributed by atoms with van der Waals surface area (Å²) >= 11 is 0. The maximum atomic E-state index is 9.08. The van der Waals surface area contributed by atoms with Gasteiger partial charge in [-0.1, -0.05) is 12.1 Å². The first kappa shape index (κ1) is 16.0. The molecule has 0 unspecified atom stereocenters. The van der Waals surface area contributed by atoms with E-state index < -0.39 is 0 Å². The molecule has 0 aliphatic carbocycles. The number of hydrogen-bond acceptors (Lipinski definition) is 4. The summed E-state index contributed by atoms with van der Waals surface area (Å²) in [5.41, 5.74) is 3.73. The lowest BCUT2D eigenvalue weighted by Gasteiger charge is -2.24. The number of methoxy groups -OCH3 is 1. The highest BCUT2D eigenvalue weighted by Gasteiger charge is 2.07. The highest BCUT2D eigenvalue weighted by molar-refractivity contribution is 5.54. The van der Waals surface area contributed by atoms with Gasteiger partial charge in [0.2, 0.25) is 0 Å². The van der Waals surface area contributed by atoms with Gasteiger partial charge in [0.25, 0.3) is 0 Å². The third-order valence-corrected chi connectivity index (χ3v) is 3.17. The van der Waals surface area contributed by atoms with Crippen LogP contribution in [-0.4, -0.2) is 45.1 Å². The minimum atomic E-state index is 0.188. The van der Waals surface area contributed by atoms with Crippen LogP contribution in [0.3, 0.4) is 0 Å². The molecular weight excluding hydrogens is 240 g/mol. The highest BCUT2D eigenvalue weighted by atomic mass is 16.5. The number of nitrogens with one attached hydrogen (secondary N) is 1. The second-order valence-electron chi connectivity index (χ2n) is 4.59. The van der Waals surface area contributed by atoms with Crippen LogP contribution in [0.25, 0.3) is 0 Å². The molecule has 0 aliphatic rings. The maximum Gasteiger partial charge on any atom is 0.0606 e. The van der Waals surface area contributed by atoms with E-state index in [9.17, 15) is 0 Å². The van der Waals surface area contributed by atoms with Crippen LogP contribution in [0.1, 0.15) is 18.1 Å². The molecule has 0 saturated carbocycles. The minimum absolute atomic E-state index is 0.188. The fourth-order valence-electron chi connectivity index (χ4n) is 2.16. The van der Waals surface area contributed by atoms with E-state index in [-0.39, 0.29) is 6.61 Å². The lowest BCUT2D eigenvalue weighted by atomic mass is 10.1. The van der Waals surface area contributed by atoms with Crippen LogP contribution in [0, 0.1) is 6.92 Å². The number of benzene rings is 1. The van der Waals surface area contributed by atoms with Gasteiger partial charge in [-0.25, -0.2) is 0 Å². The van der Waals surface area contributed by atoms with Gasteiger partial charge in [0.1, 0.15) is 0 Å². The number of rotatable bonds is 9. The molecule has 4 nitrogen and oxygen atoms in total. The van der Waals surface area contributed by atoms with E-state index in [0.717, 1.165) is 26.2 Å². The van der Waals surface area contributed by atoms with Gasteiger partial charge in [0, 0.05) is 39.0 Å². The van der Waals surface area contributed by atoms with Crippen molar-refractivity contribution in [3.05, 3.63) is 29.3 Å². The van der Waals surface area contributed by atoms with E-state index in [1.54, 1.807) is 7.11 Å². The van der Waals surface area contributed by atoms with Crippen LogP contribution in [0.5, 0.6) is 0 Å². The van der Waals surface area contributed by atoms with Crippen molar-refractivity contribution >= 4 is 5.69 Å². The van der Waals surface area contributed by atoms with Crippen molar-refractivity contribution in [3.63, 3.8) is 0 Å². The van der Waals surface area contributed by atoms with Crippen molar-refractivity contribution in [2.24, 2.45) is 0 Å². The van der Waals surface area contributed by atoms with Crippen molar-refractivity contribution in [1.82, 2.24) is 5.32 Å². The summed E-state index contributed by atoms with van der Waals surface area (Å²) in [5, 5.41) is 12.4. The molecule has 0 atom stereocenters. The first-order chi connectivity index (χ1) is 9.22. The van der Waals surface area contributed by atoms with Crippen molar-refractivity contribution < 1.29 is 9.84 Å². The molecule has 0 spiro atoms. The molecule has 0 saturated heterocycles. The molecule has 1 rings (SSSR count). The Hall–Kier alpha value is -1.10. The third-order valence-electron chi connectivity index (χ3n) is 3.17. The second-order valence-corrected chi connectivity index (χ2v) is 4.59. The Morgan fingerprint density at radius 3 is 2.74 bits per heavy atom. The van der Waals surface area contributed by atoms with E-state index in [1.165, 1.54) is 16.8 Å². The zero-order valence-corrected chi connectivity index (χ0v) is 12.3. The number of anilines is 1. The summed E-state index contributed by atoms with van der Waals surface area (Å²) in [5.74, 6) is 0. The lowest BCUT2D eigenvalue weighted by Crippen LogP contribution is -2.27. The zero-order chi connectivity index (χ0) is 14.1. The third kappa shape index (κ3) is 5.19. The molecule has 0 aliphatic heterocycles. The number of aliphatic hydroxyl groups excluding tert-OH is 1. The molecular formula is C15H26N2O2. The molecule has 0 radical (unpaired) electrons. The summed E-state index contributed by atoms with van der Waals surface area (Å²) in [6, 6.07) is 6.49. The summed E-state index contributed by atoms with van der Waals surface area (Å²) in [7, 11) is 1.71. The Morgan fingerprint density at radius 1 is 1.37 bits per heavy atom. The predicted octanol–water partition coefficient (Wildman–Crippen LogP) is 1.55. The zero-order valence-electron chi connectivity index (χ0n) is 12.3. The van der Waals surface area contributed by atoms with E-state index in [0.29, 0.717) is 6.54 Å². The summed E-state index contributed by atoms with van der Waals surface area (Å²) in [4.78, 5) is 2.19. The average molecular weight is 266 g/mol. The van der Waals surface area contributed by atoms with Gasteiger partial charge in [-0.2, -0.15) is 0 Å².